The number of nitrogens with two attached hydrogens (primary N) is 1. The minimum absolute atomic E-state index is 0.414. The number of hydrogen-bond donors (Lipinski definition) is 2. The van der Waals surface area contributed by atoms with Gasteiger partial charge in [0.15, 0.2) is 4.34 Å². The summed E-state index contributed by atoms with van der Waals surface area (Å²) in [7, 11) is 1.66. The number of amides is 1. The van der Waals surface area contributed by atoms with Crippen molar-refractivity contribution in [2.24, 2.45) is 5.73 Å². The van der Waals surface area contributed by atoms with E-state index in [-0.39, 0.29) is 0 Å². The SMILES string of the molecule is COCCNc1nnc(SCc2cccc(C(N)=O)c2)s1. The van der Waals surface area contributed by atoms with Crippen molar-refractivity contribution in [1.82, 2.24) is 10.2 Å². The number of primary amides is 1. The van der Waals surface area contributed by atoms with Crippen molar-refractivity contribution in [2.45, 2.75) is 10.1 Å². The van der Waals surface area contributed by atoms with Crippen molar-refractivity contribution in [1.29, 1.82) is 0 Å². The van der Waals surface area contributed by atoms with Crippen LogP contribution in [0.2, 0.25) is 0 Å². The second kappa shape index (κ2) is 7.96. The van der Waals surface area contributed by atoms with Crippen LogP contribution in [0.5, 0.6) is 0 Å². The number of nitrogens with zero attached hydrogens (tertiary/aromatic N) is 2. The summed E-state index contributed by atoms with van der Waals surface area (Å²) >= 11 is 3.07. The zero-order chi connectivity index (χ0) is 15.1. The number of anilines is 1. The van der Waals surface area contributed by atoms with E-state index in [1.807, 2.05) is 12.1 Å². The molecule has 0 fully saturated rings. The molecule has 2 aromatic rings. The molecule has 0 saturated carbocycles. The summed E-state index contributed by atoms with van der Waals surface area (Å²) in [6, 6.07) is 7.29. The molecular formula is C13H16N4O2S2. The molecular weight excluding hydrogens is 308 g/mol. The molecule has 1 amide bonds. The van der Waals surface area contributed by atoms with Gasteiger partial charge in [0.05, 0.1) is 6.61 Å². The molecule has 3 N–H and O–H groups in total. The second-order valence-electron chi connectivity index (χ2n) is 4.15. The zero-order valence-electron chi connectivity index (χ0n) is 11.5. The number of hydrogen-bond acceptors (Lipinski definition) is 7. The quantitative estimate of drug-likeness (QED) is 0.570. The monoisotopic (exact) mass is 324 g/mol. The molecule has 0 atom stereocenters. The number of methoxy groups -OCH3 is 1. The average molecular weight is 324 g/mol. The van der Waals surface area contributed by atoms with Gasteiger partial charge < -0.3 is 15.8 Å². The maximum atomic E-state index is 11.1. The molecule has 21 heavy (non-hydrogen) atoms. The van der Waals surface area contributed by atoms with Gasteiger partial charge in [-0.05, 0) is 17.7 Å². The lowest BCUT2D eigenvalue weighted by Crippen LogP contribution is -2.10. The van der Waals surface area contributed by atoms with Gasteiger partial charge in [-0.2, -0.15) is 0 Å². The van der Waals surface area contributed by atoms with Crippen LogP contribution in [-0.2, 0) is 10.5 Å². The maximum Gasteiger partial charge on any atom is 0.248 e. The van der Waals surface area contributed by atoms with Gasteiger partial charge in [-0.3, -0.25) is 4.79 Å². The predicted molar refractivity (Wildman–Crippen MR) is 84.8 cm³/mol. The van der Waals surface area contributed by atoms with Gasteiger partial charge in [-0.1, -0.05) is 35.2 Å². The Balaban J connectivity index is 1.88. The topological polar surface area (TPSA) is 90.1 Å². The smallest absolute Gasteiger partial charge is 0.248 e. The lowest BCUT2D eigenvalue weighted by molar-refractivity contribution is 0.1000. The number of ether oxygens (including phenoxy) is 1. The molecule has 0 unspecified atom stereocenters. The highest BCUT2D eigenvalue weighted by molar-refractivity contribution is 8.00. The van der Waals surface area contributed by atoms with E-state index in [9.17, 15) is 4.79 Å². The van der Waals surface area contributed by atoms with Crippen LogP contribution in [-0.4, -0.2) is 36.4 Å². The normalized spacial score (nSPS) is 10.5. The lowest BCUT2D eigenvalue weighted by atomic mass is 10.1. The Bertz CT molecular complexity index is 603. The molecule has 1 heterocycles. The Morgan fingerprint density at radius 3 is 3.10 bits per heavy atom. The largest absolute Gasteiger partial charge is 0.383 e. The van der Waals surface area contributed by atoms with Gasteiger partial charge in [0.2, 0.25) is 11.0 Å². The highest BCUT2D eigenvalue weighted by atomic mass is 32.2. The number of thioether (sulfide) groups is 1. The molecule has 0 saturated heterocycles. The van der Waals surface area contributed by atoms with Crippen molar-refractivity contribution in [2.75, 3.05) is 25.6 Å². The van der Waals surface area contributed by atoms with Gasteiger partial charge in [0.25, 0.3) is 0 Å². The van der Waals surface area contributed by atoms with E-state index < -0.39 is 5.91 Å². The van der Waals surface area contributed by atoms with Crippen LogP contribution < -0.4 is 11.1 Å². The Kier molecular flexibility index (Phi) is 5.97. The van der Waals surface area contributed by atoms with Crippen molar-refractivity contribution < 1.29 is 9.53 Å². The molecule has 8 heteroatoms. The van der Waals surface area contributed by atoms with Crippen LogP contribution in [0, 0.1) is 0 Å². The van der Waals surface area contributed by atoms with E-state index >= 15 is 0 Å². The van der Waals surface area contributed by atoms with Gasteiger partial charge in [-0.25, -0.2) is 0 Å². The first-order valence-corrected chi connectivity index (χ1v) is 8.07. The fourth-order valence-electron chi connectivity index (χ4n) is 1.56. The molecule has 0 aliphatic rings. The van der Waals surface area contributed by atoms with E-state index in [1.165, 1.54) is 11.3 Å². The van der Waals surface area contributed by atoms with Crippen LogP contribution in [0.15, 0.2) is 28.6 Å². The van der Waals surface area contributed by atoms with E-state index in [2.05, 4.69) is 15.5 Å². The summed E-state index contributed by atoms with van der Waals surface area (Å²) in [6.45, 7) is 1.33. The maximum absolute atomic E-state index is 11.1. The van der Waals surface area contributed by atoms with Crippen LogP contribution in [0.1, 0.15) is 15.9 Å². The Hall–Kier alpha value is -1.64. The number of benzene rings is 1. The molecule has 0 radical (unpaired) electrons. The zero-order valence-corrected chi connectivity index (χ0v) is 13.2. The van der Waals surface area contributed by atoms with Crippen LogP contribution in [0.3, 0.4) is 0 Å². The first-order chi connectivity index (χ1) is 10.2. The van der Waals surface area contributed by atoms with Crippen molar-refractivity contribution in [3.63, 3.8) is 0 Å². The third-order valence-electron chi connectivity index (χ3n) is 2.56. The van der Waals surface area contributed by atoms with Crippen LogP contribution in [0.4, 0.5) is 5.13 Å². The number of nitrogens with one attached hydrogen (secondary N) is 1. The second-order valence-corrected chi connectivity index (χ2v) is 6.35. The first kappa shape index (κ1) is 15.7. The fourth-order valence-corrected chi connectivity index (χ4v) is 3.28. The Morgan fingerprint density at radius 1 is 1.48 bits per heavy atom. The fraction of sp³-hybridized carbons (Fsp3) is 0.308. The van der Waals surface area contributed by atoms with Gasteiger partial charge in [-0.15, -0.1) is 10.2 Å². The molecule has 0 spiro atoms. The van der Waals surface area contributed by atoms with Crippen molar-refractivity contribution >= 4 is 34.1 Å². The third-order valence-corrected chi connectivity index (χ3v) is 4.65. The number of carbonyl (C=O) groups is 1. The third kappa shape index (κ3) is 5.00. The number of carbonyl (C=O) groups excluding carboxylic acids is 1. The van der Waals surface area contributed by atoms with Gasteiger partial charge >= 0.3 is 0 Å². The summed E-state index contributed by atoms with van der Waals surface area (Å²) in [5.74, 6) is 0.302. The van der Waals surface area contributed by atoms with Crippen molar-refractivity contribution in [3.8, 4) is 0 Å². The van der Waals surface area contributed by atoms with Crippen molar-refractivity contribution in [3.05, 3.63) is 35.4 Å². The molecule has 2 rings (SSSR count). The van der Waals surface area contributed by atoms with E-state index in [4.69, 9.17) is 10.5 Å². The predicted octanol–water partition coefficient (Wildman–Crippen LogP) is 1.99. The summed E-state index contributed by atoms with van der Waals surface area (Å²) in [6.07, 6.45) is 0. The number of rotatable bonds is 8. The Morgan fingerprint density at radius 2 is 2.33 bits per heavy atom. The molecule has 0 aliphatic carbocycles. The average Bonchev–Trinajstić information content (AvgIpc) is 2.94. The lowest BCUT2D eigenvalue weighted by Gasteiger charge is -2.01. The van der Waals surface area contributed by atoms with Crippen LogP contribution in [0.25, 0.3) is 0 Å². The minimum Gasteiger partial charge on any atom is -0.383 e. The van der Waals surface area contributed by atoms with E-state index in [0.29, 0.717) is 24.5 Å². The summed E-state index contributed by atoms with van der Waals surface area (Å²) < 4.78 is 5.83. The minimum atomic E-state index is -0.414. The summed E-state index contributed by atoms with van der Waals surface area (Å²) in [4.78, 5) is 11.1. The van der Waals surface area contributed by atoms with E-state index in [1.54, 1.807) is 31.0 Å². The molecule has 112 valence electrons. The first-order valence-electron chi connectivity index (χ1n) is 6.27. The van der Waals surface area contributed by atoms with Crippen LogP contribution >= 0.6 is 23.1 Å². The Labute approximate surface area is 131 Å². The molecule has 0 bridgehead atoms. The summed E-state index contributed by atoms with van der Waals surface area (Å²) in [5, 5.41) is 12.1. The highest BCUT2D eigenvalue weighted by Crippen LogP contribution is 2.28. The molecule has 0 aliphatic heterocycles. The molecule has 1 aromatic heterocycles. The van der Waals surface area contributed by atoms with Gasteiger partial charge in [0.1, 0.15) is 0 Å². The highest BCUT2D eigenvalue weighted by Gasteiger charge is 2.06. The standard InChI is InChI=1S/C13H16N4O2S2/c1-19-6-5-15-12-16-17-13(21-12)20-8-9-3-2-4-10(7-9)11(14)18/h2-4,7H,5-6,8H2,1H3,(H2,14,18)(H,15,16). The molecule has 1 aromatic carbocycles. The van der Waals surface area contributed by atoms with Gasteiger partial charge in [0, 0.05) is 25.0 Å². The number of aromatic nitrogens is 2. The summed E-state index contributed by atoms with van der Waals surface area (Å²) in [5.41, 5.74) is 6.82. The van der Waals surface area contributed by atoms with E-state index in [0.717, 1.165) is 15.0 Å². The molecule has 6 nitrogen and oxygen atoms in total.